The maximum Gasteiger partial charge on any atom is 0.253 e. The number of carbonyl (C=O) groups excluding carboxylic acids is 1. The van der Waals surface area contributed by atoms with Crippen LogP contribution >= 0.6 is 11.6 Å². The van der Waals surface area contributed by atoms with E-state index in [1.54, 1.807) is 12.1 Å². The monoisotopic (exact) mass is 368 g/mol. The van der Waals surface area contributed by atoms with E-state index in [0.717, 1.165) is 25.3 Å². The molecule has 0 radical (unpaired) electrons. The fraction of sp³-hybridized carbons (Fsp3) is 0.409. The Bertz CT molecular complexity index is 784. The molecule has 2 aliphatic heterocycles. The van der Waals surface area contributed by atoms with Crippen molar-refractivity contribution in [2.75, 3.05) is 13.6 Å². The van der Waals surface area contributed by atoms with Gasteiger partial charge in [0.25, 0.3) is 5.91 Å². The minimum absolute atomic E-state index is 0.0208. The first kappa shape index (κ1) is 17.6. The molecule has 2 aromatic rings. The van der Waals surface area contributed by atoms with E-state index in [9.17, 15) is 4.79 Å². The van der Waals surface area contributed by atoms with E-state index >= 15 is 0 Å². The molecule has 2 bridgehead atoms. The molecule has 0 spiro atoms. The van der Waals surface area contributed by atoms with Crippen molar-refractivity contribution in [1.82, 2.24) is 10.2 Å². The number of rotatable bonds is 4. The van der Waals surface area contributed by atoms with E-state index in [1.165, 1.54) is 18.4 Å². The van der Waals surface area contributed by atoms with E-state index in [0.29, 0.717) is 10.6 Å². The van der Waals surface area contributed by atoms with Crippen LogP contribution in [0.2, 0.25) is 5.02 Å². The Morgan fingerprint density at radius 2 is 1.77 bits per heavy atom. The standard InChI is InChI=1S/C22H25ClN2O/c1-25-15-16-11-13-22(25,14-12-16)20(17-7-3-2-4-8-17)24-21(26)18-9-5-6-10-19(18)23/h2-10,16,20H,11-15H2,1H3,(H,24,26). The minimum Gasteiger partial charge on any atom is -0.343 e. The van der Waals surface area contributed by atoms with Crippen molar-refractivity contribution in [3.8, 4) is 0 Å². The third kappa shape index (κ3) is 3.04. The fourth-order valence-electron chi connectivity index (χ4n) is 4.85. The summed E-state index contributed by atoms with van der Waals surface area (Å²) in [5.74, 6) is 0.706. The van der Waals surface area contributed by atoms with Gasteiger partial charge in [0, 0.05) is 12.1 Å². The van der Waals surface area contributed by atoms with Gasteiger partial charge in [-0.25, -0.2) is 0 Å². The van der Waals surface area contributed by atoms with Crippen LogP contribution in [0.15, 0.2) is 54.6 Å². The van der Waals surface area contributed by atoms with Crippen LogP contribution in [0.3, 0.4) is 0 Å². The molecule has 2 aromatic carbocycles. The van der Waals surface area contributed by atoms with Crippen LogP contribution in [-0.2, 0) is 0 Å². The summed E-state index contributed by atoms with van der Waals surface area (Å²) in [5, 5.41) is 3.84. The molecule has 3 fully saturated rings. The number of benzene rings is 2. The maximum atomic E-state index is 13.1. The number of hydrogen-bond donors (Lipinski definition) is 1. The van der Waals surface area contributed by atoms with Crippen LogP contribution in [0, 0.1) is 5.92 Å². The lowest BCUT2D eigenvalue weighted by atomic mass is 9.66. The van der Waals surface area contributed by atoms with Crippen LogP contribution in [0.4, 0.5) is 0 Å². The summed E-state index contributed by atoms with van der Waals surface area (Å²) in [6.07, 6.45) is 4.73. The lowest BCUT2D eigenvalue weighted by molar-refractivity contribution is -0.0404. The van der Waals surface area contributed by atoms with Crippen molar-refractivity contribution in [3.05, 3.63) is 70.7 Å². The molecule has 5 rings (SSSR count). The first-order valence-corrected chi connectivity index (χ1v) is 9.79. The van der Waals surface area contributed by atoms with Crippen molar-refractivity contribution in [2.24, 2.45) is 5.92 Å². The van der Waals surface area contributed by atoms with Gasteiger partial charge in [-0.1, -0.05) is 54.1 Å². The van der Waals surface area contributed by atoms with Crippen molar-refractivity contribution in [2.45, 2.75) is 37.3 Å². The third-order valence-electron chi connectivity index (χ3n) is 6.33. The van der Waals surface area contributed by atoms with Crippen LogP contribution < -0.4 is 5.32 Å². The molecule has 1 N–H and O–H groups in total. The first-order valence-electron chi connectivity index (χ1n) is 9.42. The number of halogens is 1. The summed E-state index contributed by atoms with van der Waals surface area (Å²) < 4.78 is 0. The van der Waals surface area contributed by atoms with Gasteiger partial charge in [0.1, 0.15) is 0 Å². The lowest BCUT2D eigenvalue weighted by Crippen LogP contribution is -2.62. The summed E-state index contributed by atoms with van der Waals surface area (Å²) in [7, 11) is 2.21. The number of nitrogens with zero attached hydrogens (tertiary/aromatic N) is 1. The topological polar surface area (TPSA) is 32.3 Å². The molecule has 136 valence electrons. The molecule has 2 saturated heterocycles. The highest BCUT2D eigenvalue weighted by atomic mass is 35.5. The number of amides is 1. The number of hydrogen-bond acceptors (Lipinski definition) is 2. The summed E-state index contributed by atoms with van der Waals surface area (Å²) in [6.45, 7) is 1.12. The first-order chi connectivity index (χ1) is 12.6. The summed E-state index contributed by atoms with van der Waals surface area (Å²) in [4.78, 5) is 15.5. The average molecular weight is 369 g/mol. The molecule has 1 amide bonds. The predicted molar refractivity (Wildman–Crippen MR) is 105 cm³/mol. The third-order valence-corrected chi connectivity index (χ3v) is 6.66. The Balaban J connectivity index is 1.70. The second-order valence-electron chi connectivity index (χ2n) is 7.72. The molecule has 2 heterocycles. The maximum absolute atomic E-state index is 13.1. The zero-order valence-corrected chi connectivity index (χ0v) is 15.9. The Kier molecular flexibility index (Phi) is 4.76. The van der Waals surface area contributed by atoms with Crippen LogP contribution in [0.1, 0.15) is 47.6 Å². The van der Waals surface area contributed by atoms with Crippen LogP contribution in [0.25, 0.3) is 0 Å². The van der Waals surface area contributed by atoms with E-state index in [-0.39, 0.29) is 17.5 Å². The Hall–Kier alpha value is -1.84. The number of carbonyl (C=O) groups is 1. The highest BCUT2D eigenvalue weighted by Crippen LogP contribution is 2.49. The van der Waals surface area contributed by atoms with Crippen molar-refractivity contribution < 1.29 is 4.79 Å². The van der Waals surface area contributed by atoms with Gasteiger partial charge < -0.3 is 5.32 Å². The molecule has 4 heteroatoms. The van der Waals surface area contributed by atoms with E-state index < -0.39 is 0 Å². The molecule has 1 unspecified atom stereocenters. The predicted octanol–water partition coefficient (Wildman–Crippen LogP) is 4.69. The van der Waals surface area contributed by atoms with Gasteiger partial charge >= 0.3 is 0 Å². The summed E-state index contributed by atoms with van der Waals surface area (Å²) >= 11 is 6.27. The molecule has 1 saturated carbocycles. The van der Waals surface area contributed by atoms with Gasteiger partial charge in [-0.15, -0.1) is 0 Å². The molecule has 3 nitrogen and oxygen atoms in total. The number of nitrogens with one attached hydrogen (secondary N) is 1. The van der Waals surface area contributed by atoms with Crippen LogP contribution in [-0.4, -0.2) is 29.9 Å². The van der Waals surface area contributed by atoms with E-state index in [1.807, 2.05) is 18.2 Å². The molecular formula is C22H25ClN2O. The molecule has 3 aliphatic rings. The van der Waals surface area contributed by atoms with Crippen molar-refractivity contribution >= 4 is 17.5 Å². The highest BCUT2D eigenvalue weighted by molar-refractivity contribution is 6.33. The molecular weight excluding hydrogens is 344 g/mol. The Morgan fingerprint density at radius 3 is 2.42 bits per heavy atom. The molecule has 26 heavy (non-hydrogen) atoms. The zero-order valence-electron chi connectivity index (χ0n) is 15.1. The van der Waals surface area contributed by atoms with Crippen molar-refractivity contribution in [1.29, 1.82) is 0 Å². The number of likely N-dealkylation sites (N-methyl/N-ethyl adjacent to an activating group) is 1. The zero-order chi connectivity index (χ0) is 18.1. The number of fused-ring (bicyclic) bond motifs is 3. The second kappa shape index (κ2) is 7.05. The largest absolute Gasteiger partial charge is 0.343 e. The molecule has 1 aliphatic carbocycles. The van der Waals surface area contributed by atoms with Gasteiger partial charge in [-0.2, -0.15) is 0 Å². The summed E-state index contributed by atoms with van der Waals surface area (Å²) in [6, 6.07) is 17.6. The van der Waals surface area contributed by atoms with Gasteiger partial charge in [0.15, 0.2) is 0 Å². The molecule has 1 atom stereocenters. The quantitative estimate of drug-likeness (QED) is 0.849. The van der Waals surface area contributed by atoms with Gasteiger partial charge in [0.2, 0.25) is 0 Å². The van der Waals surface area contributed by atoms with Crippen molar-refractivity contribution in [3.63, 3.8) is 0 Å². The fourth-order valence-corrected chi connectivity index (χ4v) is 5.07. The highest BCUT2D eigenvalue weighted by Gasteiger charge is 2.50. The Labute approximate surface area is 160 Å². The van der Waals surface area contributed by atoms with E-state index in [4.69, 9.17) is 11.6 Å². The summed E-state index contributed by atoms with van der Waals surface area (Å²) in [5.41, 5.74) is 1.69. The minimum atomic E-state index is -0.0973. The smallest absolute Gasteiger partial charge is 0.253 e. The average Bonchev–Trinajstić information content (AvgIpc) is 2.68. The van der Waals surface area contributed by atoms with Gasteiger partial charge in [0.05, 0.1) is 16.6 Å². The van der Waals surface area contributed by atoms with Gasteiger partial charge in [-0.05, 0) is 56.3 Å². The lowest BCUT2D eigenvalue weighted by Gasteiger charge is -2.57. The normalized spacial score (nSPS) is 26.5. The van der Waals surface area contributed by atoms with E-state index in [2.05, 4.69) is 41.5 Å². The van der Waals surface area contributed by atoms with Gasteiger partial charge in [-0.3, -0.25) is 9.69 Å². The Morgan fingerprint density at radius 1 is 1.12 bits per heavy atom. The molecule has 0 aromatic heterocycles. The van der Waals surface area contributed by atoms with Crippen LogP contribution in [0.5, 0.6) is 0 Å². The SMILES string of the molecule is CN1CC2CCC1(C(NC(=O)c1ccccc1Cl)c1ccccc1)CC2. The second-order valence-corrected chi connectivity index (χ2v) is 8.13. The number of piperidine rings is 2.